The third-order valence-corrected chi connectivity index (χ3v) is 4.52. The van der Waals surface area contributed by atoms with Crippen LogP contribution < -0.4 is 5.32 Å². The van der Waals surface area contributed by atoms with Crippen LogP contribution in [0.15, 0.2) is 24.3 Å². The van der Waals surface area contributed by atoms with Crippen molar-refractivity contribution >= 4 is 5.69 Å². The van der Waals surface area contributed by atoms with Gasteiger partial charge in [-0.25, -0.2) is 0 Å². The molecule has 0 heterocycles. The molecule has 0 atom stereocenters. The van der Waals surface area contributed by atoms with Gasteiger partial charge in [-0.2, -0.15) is 0 Å². The van der Waals surface area contributed by atoms with E-state index in [4.69, 9.17) is 0 Å². The summed E-state index contributed by atoms with van der Waals surface area (Å²) in [6.07, 6.45) is 8.27. The highest BCUT2D eigenvalue weighted by molar-refractivity contribution is 5.51. The standard InChI is InChI=1S/C18H30N2/c1-3-20(4-2)15-16-11-9-10-14-18(16)19-17-12-7-5-6-8-13-17/h9-11,14,17,19H,3-8,12-13,15H2,1-2H3. The van der Waals surface area contributed by atoms with E-state index >= 15 is 0 Å². The zero-order valence-electron chi connectivity index (χ0n) is 13.2. The van der Waals surface area contributed by atoms with Crippen LogP contribution in [-0.2, 0) is 6.54 Å². The molecule has 1 aromatic carbocycles. The lowest BCUT2D eigenvalue weighted by Crippen LogP contribution is -2.24. The molecule has 1 N–H and O–H groups in total. The van der Waals surface area contributed by atoms with Gasteiger partial charge in [0.05, 0.1) is 0 Å². The molecule has 0 aliphatic heterocycles. The first kappa shape index (κ1) is 15.4. The van der Waals surface area contributed by atoms with Crippen molar-refractivity contribution in [1.29, 1.82) is 0 Å². The van der Waals surface area contributed by atoms with Crippen LogP contribution in [0.3, 0.4) is 0 Å². The van der Waals surface area contributed by atoms with Gasteiger partial charge in [0, 0.05) is 18.3 Å². The first-order valence-corrected chi connectivity index (χ1v) is 8.40. The summed E-state index contributed by atoms with van der Waals surface area (Å²) in [4.78, 5) is 2.48. The third-order valence-electron chi connectivity index (χ3n) is 4.52. The van der Waals surface area contributed by atoms with E-state index in [1.807, 2.05) is 0 Å². The van der Waals surface area contributed by atoms with Crippen LogP contribution >= 0.6 is 0 Å². The molecule has 0 amide bonds. The lowest BCUT2D eigenvalue weighted by molar-refractivity contribution is 0.296. The topological polar surface area (TPSA) is 15.3 Å². The van der Waals surface area contributed by atoms with Crippen LogP contribution in [0, 0.1) is 0 Å². The molecule has 2 heteroatoms. The normalized spacial score (nSPS) is 17.1. The van der Waals surface area contributed by atoms with Crippen molar-refractivity contribution in [1.82, 2.24) is 4.90 Å². The van der Waals surface area contributed by atoms with E-state index in [-0.39, 0.29) is 0 Å². The van der Waals surface area contributed by atoms with Gasteiger partial charge < -0.3 is 5.32 Å². The number of hydrogen-bond acceptors (Lipinski definition) is 2. The number of para-hydroxylation sites is 1. The van der Waals surface area contributed by atoms with Crippen LogP contribution in [0.2, 0.25) is 0 Å². The van der Waals surface area contributed by atoms with E-state index in [1.165, 1.54) is 49.8 Å². The smallest absolute Gasteiger partial charge is 0.0388 e. The summed E-state index contributed by atoms with van der Waals surface area (Å²) in [6, 6.07) is 9.53. The van der Waals surface area contributed by atoms with Crippen molar-refractivity contribution in [3.63, 3.8) is 0 Å². The van der Waals surface area contributed by atoms with Crippen molar-refractivity contribution in [2.75, 3.05) is 18.4 Å². The van der Waals surface area contributed by atoms with Crippen molar-refractivity contribution in [2.24, 2.45) is 0 Å². The lowest BCUT2D eigenvalue weighted by atomic mass is 10.1. The Morgan fingerprint density at radius 1 is 1.00 bits per heavy atom. The van der Waals surface area contributed by atoms with E-state index in [9.17, 15) is 0 Å². The summed E-state index contributed by atoms with van der Waals surface area (Å²) < 4.78 is 0. The Bertz CT molecular complexity index is 377. The van der Waals surface area contributed by atoms with Gasteiger partial charge in [-0.1, -0.05) is 57.7 Å². The minimum absolute atomic E-state index is 0.676. The zero-order chi connectivity index (χ0) is 14.2. The molecule has 0 unspecified atom stereocenters. The molecule has 1 aliphatic carbocycles. The van der Waals surface area contributed by atoms with E-state index in [0.29, 0.717) is 6.04 Å². The number of nitrogens with zero attached hydrogens (tertiary/aromatic N) is 1. The van der Waals surface area contributed by atoms with Crippen LogP contribution in [0.5, 0.6) is 0 Å². The third kappa shape index (κ3) is 4.52. The Hall–Kier alpha value is -1.02. The maximum absolute atomic E-state index is 3.82. The Kier molecular flexibility index (Phi) is 6.38. The monoisotopic (exact) mass is 274 g/mol. The summed E-state index contributed by atoms with van der Waals surface area (Å²) in [5.41, 5.74) is 2.80. The number of anilines is 1. The molecular weight excluding hydrogens is 244 g/mol. The molecule has 0 aromatic heterocycles. The Morgan fingerprint density at radius 3 is 2.30 bits per heavy atom. The molecule has 20 heavy (non-hydrogen) atoms. The first-order chi connectivity index (χ1) is 9.83. The minimum Gasteiger partial charge on any atom is -0.382 e. The van der Waals surface area contributed by atoms with Gasteiger partial charge in [-0.05, 0) is 37.6 Å². The predicted molar refractivity (Wildman–Crippen MR) is 88.2 cm³/mol. The highest BCUT2D eigenvalue weighted by Gasteiger charge is 2.14. The van der Waals surface area contributed by atoms with Crippen LogP contribution in [0.25, 0.3) is 0 Å². The molecule has 1 aromatic rings. The van der Waals surface area contributed by atoms with Crippen molar-refractivity contribution < 1.29 is 0 Å². The SMILES string of the molecule is CCN(CC)Cc1ccccc1NC1CCCCCC1. The Morgan fingerprint density at radius 2 is 1.65 bits per heavy atom. The van der Waals surface area contributed by atoms with E-state index in [1.54, 1.807) is 0 Å². The molecule has 112 valence electrons. The molecular formula is C18H30N2. The summed E-state index contributed by atoms with van der Waals surface area (Å²) >= 11 is 0. The number of hydrogen-bond donors (Lipinski definition) is 1. The fourth-order valence-corrected chi connectivity index (χ4v) is 3.13. The van der Waals surface area contributed by atoms with Crippen molar-refractivity contribution in [3.8, 4) is 0 Å². The van der Waals surface area contributed by atoms with E-state index in [2.05, 4.69) is 48.3 Å². The summed E-state index contributed by atoms with van der Waals surface area (Å²) in [7, 11) is 0. The summed E-state index contributed by atoms with van der Waals surface area (Å²) in [6.45, 7) is 7.78. The van der Waals surface area contributed by atoms with Gasteiger partial charge in [0.15, 0.2) is 0 Å². The van der Waals surface area contributed by atoms with Gasteiger partial charge in [0.1, 0.15) is 0 Å². The predicted octanol–water partition coefficient (Wildman–Crippen LogP) is 4.66. The molecule has 1 aliphatic rings. The molecule has 0 saturated heterocycles. The van der Waals surface area contributed by atoms with Gasteiger partial charge in [-0.15, -0.1) is 0 Å². The van der Waals surface area contributed by atoms with Crippen LogP contribution in [-0.4, -0.2) is 24.0 Å². The molecule has 0 spiro atoms. The number of rotatable bonds is 6. The van der Waals surface area contributed by atoms with Gasteiger partial charge in [-0.3, -0.25) is 4.90 Å². The van der Waals surface area contributed by atoms with Crippen molar-refractivity contribution in [2.45, 2.75) is 65.0 Å². The number of benzene rings is 1. The first-order valence-electron chi connectivity index (χ1n) is 8.40. The highest BCUT2D eigenvalue weighted by Crippen LogP contribution is 2.24. The largest absolute Gasteiger partial charge is 0.382 e. The second-order valence-corrected chi connectivity index (χ2v) is 5.95. The molecule has 0 radical (unpaired) electrons. The minimum atomic E-state index is 0.676. The van der Waals surface area contributed by atoms with Gasteiger partial charge in [0.25, 0.3) is 0 Å². The average molecular weight is 274 g/mol. The van der Waals surface area contributed by atoms with E-state index in [0.717, 1.165) is 19.6 Å². The Labute approximate surface area is 124 Å². The van der Waals surface area contributed by atoms with Gasteiger partial charge in [0.2, 0.25) is 0 Å². The molecule has 2 nitrogen and oxygen atoms in total. The average Bonchev–Trinajstić information content (AvgIpc) is 2.75. The fourth-order valence-electron chi connectivity index (χ4n) is 3.13. The molecule has 2 rings (SSSR count). The quantitative estimate of drug-likeness (QED) is 0.759. The molecule has 0 bridgehead atoms. The van der Waals surface area contributed by atoms with Crippen LogP contribution in [0.1, 0.15) is 57.9 Å². The Balaban J connectivity index is 2.02. The lowest BCUT2D eigenvalue weighted by Gasteiger charge is -2.23. The fraction of sp³-hybridized carbons (Fsp3) is 0.667. The highest BCUT2D eigenvalue weighted by atomic mass is 15.1. The maximum atomic E-state index is 3.82. The van der Waals surface area contributed by atoms with E-state index < -0.39 is 0 Å². The maximum Gasteiger partial charge on any atom is 0.0388 e. The summed E-state index contributed by atoms with van der Waals surface area (Å²) in [5.74, 6) is 0. The van der Waals surface area contributed by atoms with Gasteiger partial charge >= 0.3 is 0 Å². The second kappa shape index (κ2) is 8.31. The van der Waals surface area contributed by atoms with Crippen molar-refractivity contribution in [3.05, 3.63) is 29.8 Å². The van der Waals surface area contributed by atoms with Crippen LogP contribution in [0.4, 0.5) is 5.69 Å². The summed E-state index contributed by atoms with van der Waals surface area (Å²) in [5, 5.41) is 3.82. The number of nitrogens with one attached hydrogen (secondary N) is 1. The zero-order valence-corrected chi connectivity index (χ0v) is 13.2. The molecule has 1 saturated carbocycles. The molecule has 1 fully saturated rings. The second-order valence-electron chi connectivity index (χ2n) is 5.95.